The smallest absolute Gasteiger partial charge is 0.416 e. The molecular weight excluding hydrogens is 567 g/mol. The lowest BCUT2D eigenvalue weighted by Gasteiger charge is -2.29. The Labute approximate surface area is 235 Å². The molecule has 40 heavy (non-hydrogen) atoms. The van der Waals surface area contributed by atoms with Crippen LogP contribution in [0.2, 0.25) is 0 Å². The topological polar surface area (TPSA) is 97.8 Å². The van der Waals surface area contributed by atoms with E-state index in [1.807, 2.05) is 6.92 Å². The molecule has 8 nitrogen and oxygen atoms in total. The van der Waals surface area contributed by atoms with E-state index in [-0.39, 0.29) is 17.9 Å². The van der Waals surface area contributed by atoms with Gasteiger partial charge in [0.25, 0.3) is 0 Å². The van der Waals surface area contributed by atoms with Crippen LogP contribution in [-0.4, -0.2) is 49.9 Å². The monoisotopic (exact) mass is 597 g/mol. The molecule has 13 heteroatoms. The van der Waals surface area contributed by atoms with Crippen molar-refractivity contribution < 1.29 is 35.9 Å². The number of carbonyl (C=O) groups is 1. The number of thiazole rings is 1. The molecule has 1 unspecified atom stereocenters. The van der Waals surface area contributed by atoms with Gasteiger partial charge in [0.05, 0.1) is 35.4 Å². The van der Waals surface area contributed by atoms with Crippen LogP contribution >= 0.6 is 11.3 Å². The lowest BCUT2D eigenvalue weighted by Crippen LogP contribution is -2.48. The molecule has 1 atom stereocenters. The summed E-state index contributed by atoms with van der Waals surface area (Å²) in [6.45, 7) is 2.54. The maximum absolute atomic E-state index is 13.8. The Morgan fingerprint density at radius 2 is 1.88 bits per heavy atom. The van der Waals surface area contributed by atoms with Crippen LogP contribution in [0.3, 0.4) is 0 Å². The van der Waals surface area contributed by atoms with Crippen LogP contribution in [0, 0.1) is 6.92 Å². The van der Waals surface area contributed by atoms with Crippen LogP contribution in [-0.2, 0) is 34.0 Å². The summed E-state index contributed by atoms with van der Waals surface area (Å²) in [7, 11) is -2.89. The number of rotatable bonds is 10. The SMILES string of the molecule is COc1cc(CN(C2CCCCNC2=O)S(=O)(=O)c2ccc(C(F)(F)F)cc2)ccc1OCCc1scnc1C. The van der Waals surface area contributed by atoms with Gasteiger partial charge in [-0.05, 0) is 68.1 Å². The normalized spacial score (nSPS) is 16.4. The molecule has 0 saturated carbocycles. The summed E-state index contributed by atoms with van der Waals surface area (Å²) < 4.78 is 79.2. The quantitative estimate of drug-likeness (QED) is 0.355. The summed E-state index contributed by atoms with van der Waals surface area (Å²) in [4.78, 5) is 17.9. The van der Waals surface area contributed by atoms with E-state index in [9.17, 15) is 26.4 Å². The van der Waals surface area contributed by atoms with E-state index in [0.29, 0.717) is 49.5 Å². The Hall–Kier alpha value is -3.16. The first kappa shape index (κ1) is 29.8. The largest absolute Gasteiger partial charge is 0.493 e. The standard InChI is InChI=1S/C27H30F3N3O5S2/c1-18-25(39-17-32-18)12-14-38-23-11-6-19(15-24(23)37-2)16-33(22-5-3-4-13-31-26(22)34)40(35,36)21-9-7-20(8-10-21)27(28,29)30/h6-11,15,17,22H,3-5,12-14,16H2,1-2H3,(H,31,34). The number of nitrogens with one attached hydrogen (secondary N) is 1. The van der Waals surface area contributed by atoms with Gasteiger partial charge in [0.15, 0.2) is 11.5 Å². The summed E-state index contributed by atoms with van der Waals surface area (Å²) in [5, 5.41) is 2.74. The van der Waals surface area contributed by atoms with Crippen LogP contribution < -0.4 is 14.8 Å². The Balaban J connectivity index is 1.61. The number of ether oxygens (including phenoxy) is 2. The fourth-order valence-electron chi connectivity index (χ4n) is 4.44. The number of halogens is 3. The summed E-state index contributed by atoms with van der Waals surface area (Å²) >= 11 is 1.55. The highest BCUT2D eigenvalue weighted by Crippen LogP contribution is 2.33. The second-order valence-corrected chi connectivity index (χ2v) is 12.1. The number of amides is 1. The van der Waals surface area contributed by atoms with Crippen LogP contribution in [0.25, 0.3) is 0 Å². The van der Waals surface area contributed by atoms with E-state index >= 15 is 0 Å². The van der Waals surface area contributed by atoms with Crippen molar-refractivity contribution in [2.24, 2.45) is 0 Å². The van der Waals surface area contributed by atoms with Gasteiger partial charge in [-0.1, -0.05) is 6.07 Å². The summed E-state index contributed by atoms with van der Waals surface area (Å²) in [5.74, 6) is 0.409. The van der Waals surface area contributed by atoms with Gasteiger partial charge in [-0.25, -0.2) is 13.4 Å². The molecule has 1 fully saturated rings. The second kappa shape index (κ2) is 12.6. The number of carbonyl (C=O) groups excluding carboxylic acids is 1. The molecule has 3 aromatic rings. The number of aryl methyl sites for hydroxylation is 1. The predicted octanol–water partition coefficient (Wildman–Crippen LogP) is 4.96. The van der Waals surface area contributed by atoms with Gasteiger partial charge in [-0.2, -0.15) is 17.5 Å². The van der Waals surface area contributed by atoms with E-state index in [4.69, 9.17) is 9.47 Å². The fraction of sp³-hybridized carbons (Fsp3) is 0.407. The lowest BCUT2D eigenvalue weighted by atomic mass is 10.1. The molecule has 1 aliphatic rings. The van der Waals surface area contributed by atoms with Crippen molar-refractivity contribution in [2.75, 3.05) is 20.3 Å². The summed E-state index contributed by atoms with van der Waals surface area (Å²) in [6, 6.07) is 7.24. The van der Waals surface area contributed by atoms with Crippen molar-refractivity contribution >= 4 is 27.3 Å². The van der Waals surface area contributed by atoms with Crippen molar-refractivity contribution in [2.45, 2.75) is 56.3 Å². The zero-order chi connectivity index (χ0) is 28.9. The molecule has 2 aromatic carbocycles. The third kappa shape index (κ3) is 6.94. The average molecular weight is 598 g/mol. The molecule has 0 radical (unpaired) electrons. The van der Waals surface area contributed by atoms with Crippen molar-refractivity contribution in [1.82, 2.24) is 14.6 Å². The molecule has 1 aromatic heterocycles. The minimum atomic E-state index is -4.61. The highest BCUT2D eigenvalue weighted by atomic mass is 32.2. The second-order valence-electron chi connectivity index (χ2n) is 9.32. The van der Waals surface area contributed by atoms with E-state index in [0.717, 1.165) is 39.1 Å². The van der Waals surface area contributed by atoms with Gasteiger partial charge >= 0.3 is 6.18 Å². The number of aromatic nitrogens is 1. The van der Waals surface area contributed by atoms with Crippen LogP contribution in [0.4, 0.5) is 13.2 Å². The fourth-order valence-corrected chi connectivity index (χ4v) is 6.81. The first-order chi connectivity index (χ1) is 19.0. The Kier molecular flexibility index (Phi) is 9.37. The lowest BCUT2D eigenvalue weighted by molar-refractivity contribution is -0.137. The highest BCUT2D eigenvalue weighted by molar-refractivity contribution is 7.89. The molecular formula is C27H30F3N3O5S2. The van der Waals surface area contributed by atoms with E-state index < -0.39 is 33.7 Å². The maximum atomic E-state index is 13.8. The van der Waals surface area contributed by atoms with E-state index in [1.165, 1.54) is 7.11 Å². The summed E-state index contributed by atoms with van der Waals surface area (Å²) in [5.41, 5.74) is 2.29. The molecule has 4 rings (SSSR count). The van der Waals surface area contributed by atoms with Crippen molar-refractivity contribution in [3.05, 3.63) is 69.7 Å². The average Bonchev–Trinajstić information content (AvgIpc) is 3.21. The van der Waals surface area contributed by atoms with E-state index in [1.54, 1.807) is 35.0 Å². The van der Waals surface area contributed by atoms with Gasteiger partial charge in [-0.3, -0.25) is 4.79 Å². The van der Waals surface area contributed by atoms with E-state index in [2.05, 4.69) is 10.3 Å². The van der Waals surface area contributed by atoms with Crippen molar-refractivity contribution in [1.29, 1.82) is 0 Å². The first-order valence-corrected chi connectivity index (χ1v) is 15.0. The van der Waals surface area contributed by atoms with Crippen LogP contribution in [0.15, 0.2) is 52.9 Å². The van der Waals surface area contributed by atoms with Gasteiger partial charge < -0.3 is 14.8 Å². The molecule has 0 aliphatic carbocycles. The predicted molar refractivity (Wildman–Crippen MR) is 144 cm³/mol. The number of hydrogen-bond acceptors (Lipinski definition) is 7. The third-order valence-corrected chi connectivity index (χ3v) is 9.50. The van der Waals surface area contributed by atoms with Gasteiger partial charge in [0.1, 0.15) is 6.04 Å². The van der Waals surface area contributed by atoms with Gasteiger partial charge in [0, 0.05) is 24.4 Å². The molecule has 1 saturated heterocycles. The maximum Gasteiger partial charge on any atom is 0.416 e. The summed E-state index contributed by atoms with van der Waals surface area (Å²) in [6.07, 6.45) is -2.36. The minimum Gasteiger partial charge on any atom is -0.493 e. The molecule has 0 spiro atoms. The molecule has 1 amide bonds. The van der Waals surface area contributed by atoms with Crippen molar-refractivity contribution in [3.63, 3.8) is 0 Å². The zero-order valence-corrected chi connectivity index (χ0v) is 23.7. The first-order valence-electron chi connectivity index (χ1n) is 12.7. The van der Waals surface area contributed by atoms with Crippen LogP contribution in [0.1, 0.15) is 41.0 Å². The highest BCUT2D eigenvalue weighted by Gasteiger charge is 2.37. The molecule has 2 heterocycles. The Morgan fingerprint density at radius 3 is 2.52 bits per heavy atom. The molecule has 216 valence electrons. The Morgan fingerprint density at radius 1 is 1.12 bits per heavy atom. The molecule has 1 aliphatic heterocycles. The third-order valence-electron chi connectivity index (χ3n) is 6.64. The minimum absolute atomic E-state index is 0.196. The molecule has 0 bridgehead atoms. The molecule has 1 N–H and O–H groups in total. The van der Waals surface area contributed by atoms with Gasteiger partial charge in [-0.15, -0.1) is 11.3 Å². The number of hydrogen-bond donors (Lipinski definition) is 1. The Bertz CT molecular complexity index is 1430. The zero-order valence-electron chi connectivity index (χ0n) is 22.0. The number of methoxy groups -OCH3 is 1. The van der Waals surface area contributed by atoms with Crippen molar-refractivity contribution in [3.8, 4) is 11.5 Å². The number of nitrogens with zero attached hydrogens (tertiary/aromatic N) is 2. The number of alkyl halides is 3. The van der Waals surface area contributed by atoms with Gasteiger partial charge in [0.2, 0.25) is 15.9 Å². The number of sulfonamides is 1. The van der Waals surface area contributed by atoms with Crippen LogP contribution in [0.5, 0.6) is 11.5 Å². The number of benzene rings is 2.